The average Bonchev–Trinajstić information content (AvgIpc) is 2.15. The molecule has 0 aromatic carbocycles. The Morgan fingerprint density at radius 3 is 2.40 bits per heavy atom. The molecule has 15 heavy (non-hydrogen) atoms. The third kappa shape index (κ3) is 9.88. The first kappa shape index (κ1) is 14.6. The molecule has 0 amide bonds. The lowest BCUT2D eigenvalue weighted by molar-refractivity contribution is -0.122. The number of carbonyl (C=O) groups is 1. The predicted octanol–water partition coefficient (Wildman–Crippen LogP) is 2.01. The molecule has 1 N–H and O–H groups in total. The molecule has 3 heteroatoms. The monoisotopic (exact) mass is 215 g/mol. The highest BCUT2D eigenvalue weighted by Crippen LogP contribution is 2.01. The molecule has 0 aromatic rings. The third-order valence-electron chi connectivity index (χ3n) is 2.15. The summed E-state index contributed by atoms with van der Waals surface area (Å²) in [7, 11) is 0. The van der Waals surface area contributed by atoms with Crippen LogP contribution in [0.15, 0.2) is 0 Å². The Balaban J connectivity index is 3.15. The average molecular weight is 215 g/mol. The van der Waals surface area contributed by atoms with E-state index in [2.05, 4.69) is 19.2 Å². The Labute approximate surface area is 93.6 Å². The molecular formula is C12H25NO2. The van der Waals surface area contributed by atoms with Gasteiger partial charge in [0.05, 0.1) is 6.61 Å². The van der Waals surface area contributed by atoms with Crippen LogP contribution >= 0.6 is 0 Å². The van der Waals surface area contributed by atoms with Gasteiger partial charge >= 0.3 is 0 Å². The summed E-state index contributed by atoms with van der Waals surface area (Å²) in [5.74, 6) is 0.492. The number of hydrogen-bond acceptors (Lipinski definition) is 3. The molecule has 0 rings (SSSR count). The molecule has 90 valence electrons. The Kier molecular flexibility index (Phi) is 8.62. The SMILES string of the molecule is CC(C)NCCOCCCC(=O)C(C)C. The van der Waals surface area contributed by atoms with Crippen LogP contribution in [-0.2, 0) is 9.53 Å². The van der Waals surface area contributed by atoms with Crippen molar-refractivity contribution in [3.05, 3.63) is 0 Å². The maximum absolute atomic E-state index is 11.3. The second-order valence-electron chi connectivity index (χ2n) is 4.45. The lowest BCUT2D eigenvalue weighted by atomic mass is 10.1. The Morgan fingerprint density at radius 2 is 1.87 bits per heavy atom. The number of rotatable bonds is 9. The number of ether oxygens (including phenoxy) is 1. The summed E-state index contributed by atoms with van der Waals surface area (Å²) in [6, 6.07) is 0.510. The van der Waals surface area contributed by atoms with Crippen molar-refractivity contribution in [3.63, 3.8) is 0 Å². The zero-order valence-corrected chi connectivity index (χ0v) is 10.5. The summed E-state index contributed by atoms with van der Waals surface area (Å²) < 4.78 is 5.40. The topological polar surface area (TPSA) is 38.3 Å². The van der Waals surface area contributed by atoms with Gasteiger partial charge in [-0.15, -0.1) is 0 Å². The van der Waals surface area contributed by atoms with E-state index >= 15 is 0 Å². The number of nitrogens with one attached hydrogen (secondary N) is 1. The van der Waals surface area contributed by atoms with E-state index in [1.54, 1.807) is 0 Å². The molecule has 0 fully saturated rings. The van der Waals surface area contributed by atoms with Crippen LogP contribution in [0.25, 0.3) is 0 Å². The van der Waals surface area contributed by atoms with Crippen molar-refractivity contribution < 1.29 is 9.53 Å². The molecule has 0 aromatic heterocycles. The van der Waals surface area contributed by atoms with Gasteiger partial charge in [-0.3, -0.25) is 4.79 Å². The largest absolute Gasteiger partial charge is 0.380 e. The quantitative estimate of drug-likeness (QED) is 0.598. The molecule has 0 radical (unpaired) electrons. The van der Waals surface area contributed by atoms with Crippen molar-refractivity contribution in [2.24, 2.45) is 5.92 Å². The second kappa shape index (κ2) is 8.86. The maximum Gasteiger partial charge on any atom is 0.135 e. The molecule has 0 saturated heterocycles. The first-order chi connectivity index (χ1) is 7.04. The van der Waals surface area contributed by atoms with E-state index in [4.69, 9.17) is 4.74 Å². The fourth-order valence-electron chi connectivity index (χ4n) is 1.16. The molecule has 0 aliphatic rings. The first-order valence-corrected chi connectivity index (χ1v) is 5.88. The van der Waals surface area contributed by atoms with Crippen LogP contribution in [0.2, 0.25) is 0 Å². The van der Waals surface area contributed by atoms with Crippen LogP contribution < -0.4 is 5.32 Å². The summed E-state index contributed by atoms with van der Waals surface area (Å²) in [5, 5.41) is 3.27. The van der Waals surface area contributed by atoms with Crippen molar-refractivity contribution >= 4 is 5.78 Å². The van der Waals surface area contributed by atoms with Crippen LogP contribution in [0.5, 0.6) is 0 Å². The standard InChI is InChI=1S/C12H25NO2/c1-10(2)12(14)6-5-8-15-9-7-13-11(3)4/h10-11,13H,5-9H2,1-4H3. The zero-order valence-electron chi connectivity index (χ0n) is 10.5. The minimum absolute atomic E-state index is 0.160. The highest BCUT2D eigenvalue weighted by molar-refractivity contribution is 5.80. The van der Waals surface area contributed by atoms with Gasteiger partial charge in [0.1, 0.15) is 5.78 Å². The molecule has 0 atom stereocenters. The molecule has 0 unspecified atom stereocenters. The van der Waals surface area contributed by atoms with E-state index in [9.17, 15) is 4.79 Å². The highest BCUT2D eigenvalue weighted by Gasteiger charge is 2.05. The summed E-state index contributed by atoms with van der Waals surface area (Å²) >= 11 is 0. The molecule has 3 nitrogen and oxygen atoms in total. The molecule has 0 bridgehead atoms. The van der Waals surface area contributed by atoms with Gasteiger partial charge in [0.15, 0.2) is 0 Å². The lowest BCUT2D eigenvalue weighted by Crippen LogP contribution is -2.26. The Morgan fingerprint density at radius 1 is 1.20 bits per heavy atom. The van der Waals surface area contributed by atoms with Gasteiger partial charge in [0.2, 0.25) is 0 Å². The van der Waals surface area contributed by atoms with Gasteiger partial charge < -0.3 is 10.1 Å². The normalized spacial score (nSPS) is 11.3. The fraction of sp³-hybridized carbons (Fsp3) is 0.917. The Hall–Kier alpha value is -0.410. The van der Waals surface area contributed by atoms with Crippen LogP contribution in [0.3, 0.4) is 0 Å². The van der Waals surface area contributed by atoms with E-state index in [1.807, 2.05) is 13.8 Å². The van der Waals surface area contributed by atoms with Crippen molar-refractivity contribution in [2.45, 2.75) is 46.6 Å². The molecular weight excluding hydrogens is 190 g/mol. The highest BCUT2D eigenvalue weighted by atomic mass is 16.5. The Bertz CT molecular complexity index is 167. The molecule has 0 aliphatic heterocycles. The summed E-state index contributed by atoms with van der Waals surface area (Å²) in [6.07, 6.45) is 1.49. The van der Waals surface area contributed by atoms with Crippen LogP contribution in [0, 0.1) is 5.92 Å². The number of carbonyl (C=O) groups excluding carboxylic acids is 1. The van der Waals surface area contributed by atoms with Gasteiger partial charge in [-0.05, 0) is 6.42 Å². The first-order valence-electron chi connectivity index (χ1n) is 5.88. The molecule has 0 spiro atoms. The van der Waals surface area contributed by atoms with Gasteiger partial charge in [-0.2, -0.15) is 0 Å². The van der Waals surface area contributed by atoms with Crippen molar-refractivity contribution in [2.75, 3.05) is 19.8 Å². The smallest absolute Gasteiger partial charge is 0.135 e. The van der Waals surface area contributed by atoms with E-state index in [0.717, 1.165) is 19.6 Å². The third-order valence-corrected chi connectivity index (χ3v) is 2.15. The van der Waals surface area contributed by atoms with Crippen molar-refractivity contribution in [3.8, 4) is 0 Å². The summed E-state index contributed by atoms with van der Waals surface area (Å²) in [4.78, 5) is 11.3. The van der Waals surface area contributed by atoms with Gasteiger partial charge in [0, 0.05) is 31.5 Å². The number of hydrogen-bond donors (Lipinski definition) is 1. The van der Waals surface area contributed by atoms with E-state index in [0.29, 0.717) is 24.9 Å². The second-order valence-corrected chi connectivity index (χ2v) is 4.45. The molecule has 0 heterocycles. The summed E-state index contributed by atoms with van der Waals surface area (Å²) in [6.45, 7) is 10.4. The summed E-state index contributed by atoms with van der Waals surface area (Å²) in [5.41, 5.74) is 0. The minimum atomic E-state index is 0.160. The molecule has 0 aliphatic carbocycles. The fourth-order valence-corrected chi connectivity index (χ4v) is 1.16. The van der Waals surface area contributed by atoms with Crippen LogP contribution in [-0.4, -0.2) is 31.6 Å². The van der Waals surface area contributed by atoms with Gasteiger partial charge in [-0.25, -0.2) is 0 Å². The predicted molar refractivity (Wildman–Crippen MR) is 63.0 cm³/mol. The van der Waals surface area contributed by atoms with Gasteiger partial charge in [-0.1, -0.05) is 27.7 Å². The zero-order chi connectivity index (χ0) is 11.7. The van der Waals surface area contributed by atoms with E-state index in [-0.39, 0.29) is 5.92 Å². The minimum Gasteiger partial charge on any atom is -0.380 e. The van der Waals surface area contributed by atoms with E-state index < -0.39 is 0 Å². The van der Waals surface area contributed by atoms with Crippen molar-refractivity contribution in [1.29, 1.82) is 0 Å². The van der Waals surface area contributed by atoms with Crippen LogP contribution in [0.4, 0.5) is 0 Å². The van der Waals surface area contributed by atoms with Gasteiger partial charge in [0.25, 0.3) is 0 Å². The number of ketones is 1. The number of Topliss-reactive ketones (excluding diaryl/α,β-unsaturated/α-hetero) is 1. The maximum atomic E-state index is 11.3. The van der Waals surface area contributed by atoms with E-state index in [1.165, 1.54) is 0 Å². The van der Waals surface area contributed by atoms with Crippen LogP contribution in [0.1, 0.15) is 40.5 Å². The lowest BCUT2D eigenvalue weighted by Gasteiger charge is -2.08. The van der Waals surface area contributed by atoms with Crippen molar-refractivity contribution in [1.82, 2.24) is 5.32 Å². The molecule has 0 saturated carbocycles.